The third kappa shape index (κ3) is 22.4. The average Bonchev–Trinajstić information content (AvgIpc) is 2.57. The topological polar surface area (TPSA) is 18.5 Å². The number of rotatable bonds is 19. The van der Waals surface area contributed by atoms with Crippen LogP contribution in [0.1, 0.15) is 89.9 Å². The minimum atomic E-state index is 0.409. The predicted octanol–water partition coefficient (Wildman–Crippen LogP) is 7.06. The van der Waals surface area contributed by atoms with Crippen molar-refractivity contribution in [1.82, 2.24) is 0 Å². The molecule has 3 heteroatoms. The third-order valence-corrected chi connectivity index (χ3v) is 4.81. The van der Waals surface area contributed by atoms with Crippen molar-refractivity contribution in [3.8, 4) is 0 Å². The van der Waals surface area contributed by atoms with Crippen LogP contribution >= 0.6 is 22.6 Å². The summed E-state index contributed by atoms with van der Waals surface area (Å²) >= 11 is 2.48. The van der Waals surface area contributed by atoms with E-state index in [1.807, 2.05) is 0 Å². The highest BCUT2D eigenvalue weighted by Gasteiger charge is 1.93. The Hall–Kier alpha value is 0.390. The monoisotopic (exact) mass is 438 g/mol. The van der Waals surface area contributed by atoms with Gasteiger partial charge in [-0.15, -0.1) is 0 Å². The second-order valence-electron chi connectivity index (χ2n) is 6.30. The fourth-order valence-electron chi connectivity index (χ4n) is 2.65. The quantitative estimate of drug-likeness (QED) is 0.0707. The molecule has 0 saturated heterocycles. The van der Waals surface area contributed by atoms with Gasteiger partial charge in [0.15, 0.2) is 0 Å². The van der Waals surface area contributed by atoms with Gasteiger partial charge in [-0.3, -0.25) is 0 Å². The molecule has 0 bridgehead atoms. The average molecular weight is 438 g/mol. The van der Waals surface area contributed by atoms with Gasteiger partial charge in [-0.1, -0.05) is 99.0 Å². The van der Waals surface area contributed by atoms with Gasteiger partial charge in [0.2, 0.25) is 0 Å². The van der Waals surface area contributed by atoms with E-state index in [0.29, 0.717) is 6.79 Å². The van der Waals surface area contributed by atoms with Gasteiger partial charge in [-0.25, -0.2) is 0 Å². The highest BCUT2D eigenvalue weighted by Crippen LogP contribution is 2.12. The second kappa shape index (κ2) is 22.4. The molecular formula is C20H39IO2. The van der Waals surface area contributed by atoms with Crippen molar-refractivity contribution in [2.24, 2.45) is 0 Å². The van der Waals surface area contributed by atoms with E-state index in [9.17, 15) is 0 Å². The van der Waals surface area contributed by atoms with Gasteiger partial charge < -0.3 is 9.47 Å². The Morgan fingerprint density at radius 2 is 1.13 bits per heavy atom. The lowest BCUT2D eigenvalue weighted by Crippen LogP contribution is -1.96. The standard InChI is InChI=1S/C20H39IO2/c1-22-20-23-19-17-15-13-11-9-7-5-3-2-4-6-8-10-12-14-16-18-21/h13,15H,2-12,14,16-20H2,1H3. The Balaban J connectivity index is 3.01. The number of hydrogen-bond donors (Lipinski definition) is 0. The van der Waals surface area contributed by atoms with Crippen LogP contribution in [0.25, 0.3) is 0 Å². The summed E-state index contributed by atoms with van der Waals surface area (Å²) in [7, 11) is 1.66. The molecule has 0 aliphatic rings. The summed E-state index contributed by atoms with van der Waals surface area (Å²) in [5.74, 6) is 0. The van der Waals surface area contributed by atoms with Crippen LogP contribution < -0.4 is 0 Å². The third-order valence-electron chi connectivity index (χ3n) is 4.05. The van der Waals surface area contributed by atoms with Crippen LogP contribution in [0.3, 0.4) is 0 Å². The van der Waals surface area contributed by atoms with E-state index in [-0.39, 0.29) is 0 Å². The van der Waals surface area contributed by atoms with Crippen molar-refractivity contribution in [2.75, 3.05) is 24.9 Å². The number of methoxy groups -OCH3 is 1. The number of alkyl halides is 1. The second-order valence-corrected chi connectivity index (χ2v) is 7.37. The van der Waals surface area contributed by atoms with Crippen LogP contribution in [-0.2, 0) is 9.47 Å². The first-order chi connectivity index (χ1) is 11.4. The van der Waals surface area contributed by atoms with Gasteiger partial charge in [0.05, 0.1) is 6.61 Å². The Bertz CT molecular complexity index is 232. The summed E-state index contributed by atoms with van der Waals surface area (Å²) in [5, 5.41) is 0. The van der Waals surface area contributed by atoms with Crippen molar-refractivity contribution in [3.05, 3.63) is 12.2 Å². The van der Waals surface area contributed by atoms with Gasteiger partial charge in [0.25, 0.3) is 0 Å². The van der Waals surface area contributed by atoms with Crippen LogP contribution in [0, 0.1) is 0 Å². The SMILES string of the molecule is COCOCCC=CCCCCCCCCCCCCCCI. The summed E-state index contributed by atoms with van der Waals surface area (Å²) in [6, 6.07) is 0. The number of hydrogen-bond acceptors (Lipinski definition) is 2. The van der Waals surface area contributed by atoms with E-state index in [4.69, 9.17) is 9.47 Å². The molecule has 0 radical (unpaired) electrons. The molecule has 0 fully saturated rings. The maximum Gasteiger partial charge on any atom is 0.146 e. The Kier molecular flexibility index (Phi) is 22.8. The van der Waals surface area contributed by atoms with Crippen molar-refractivity contribution in [1.29, 1.82) is 0 Å². The summed E-state index contributed by atoms with van der Waals surface area (Å²) in [6.45, 7) is 1.18. The van der Waals surface area contributed by atoms with Crippen molar-refractivity contribution in [2.45, 2.75) is 89.9 Å². The molecule has 0 amide bonds. The van der Waals surface area contributed by atoms with Crippen LogP contribution in [0.4, 0.5) is 0 Å². The minimum absolute atomic E-state index is 0.409. The summed E-state index contributed by atoms with van der Waals surface area (Å²) in [6.07, 6.45) is 23.9. The molecule has 0 N–H and O–H groups in total. The van der Waals surface area contributed by atoms with Gasteiger partial charge in [-0.2, -0.15) is 0 Å². The Labute approximate surface area is 158 Å². The van der Waals surface area contributed by atoms with Gasteiger partial charge >= 0.3 is 0 Å². The van der Waals surface area contributed by atoms with E-state index >= 15 is 0 Å². The summed E-state index contributed by atoms with van der Waals surface area (Å²) < 4.78 is 11.4. The molecule has 138 valence electrons. The van der Waals surface area contributed by atoms with E-state index in [2.05, 4.69) is 34.7 Å². The van der Waals surface area contributed by atoms with Crippen molar-refractivity contribution >= 4 is 22.6 Å². The molecule has 0 heterocycles. The number of halogens is 1. The minimum Gasteiger partial charge on any atom is -0.359 e. The maximum atomic E-state index is 5.23. The summed E-state index contributed by atoms with van der Waals surface area (Å²) in [4.78, 5) is 0. The number of allylic oxidation sites excluding steroid dienone is 1. The van der Waals surface area contributed by atoms with Crippen molar-refractivity contribution < 1.29 is 9.47 Å². The highest BCUT2D eigenvalue weighted by molar-refractivity contribution is 14.1. The van der Waals surface area contributed by atoms with Crippen LogP contribution in [0.2, 0.25) is 0 Å². The Morgan fingerprint density at radius 1 is 0.652 bits per heavy atom. The molecule has 0 atom stereocenters. The smallest absolute Gasteiger partial charge is 0.146 e. The lowest BCUT2D eigenvalue weighted by Gasteiger charge is -2.02. The predicted molar refractivity (Wildman–Crippen MR) is 110 cm³/mol. The number of unbranched alkanes of at least 4 members (excludes halogenated alkanes) is 12. The molecule has 23 heavy (non-hydrogen) atoms. The molecule has 0 rings (SSSR count). The molecule has 0 unspecified atom stereocenters. The lowest BCUT2D eigenvalue weighted by atomic mass is 10.0. The molecular weight excluding hydrogens is 399 g/mol. The maximum absolute atomic E-state index is 5.23. The molecule has 0 spiro atoms. The van der Waals surface area contributed by atoms with Gasteiger partial charge in [0.1, 0.15) is 6.79 Å². The largest absolute Gasteiger partial charge is 0.359 e. The zero-order chi connectivity index (χ0) is 16.8. The molecule has 0 aromatic carbocycles. The van der Waals surface area contributed by atoms with Gasteiger partial charge in [0, 0.05) is 7.11 Å². The fourth-order valence-corrected chi connectivity index (χ4v) is 3.19. The zero-order valence-corrected chi connectivity index (χ0v) is 17.5. The van der Waals surface area contributed by atoms with E-state index in [1.54, 1.807) is 7.11 Å². The fraction of sp³-hybridized carbons (Fsp3) is 0.900. The molecule has 2 nitrogen and oxygen atoms in total. The molecule has 0 aromatic rings. The first-order valence-electron chi connectivity index (χ1n) is 9.69. The summed E-state index contributed by atoms with van der Waals surface area (Å²) in [5.41, 5.74) is 0. The molecule has 0 saturated carbocycles. The van der Waals surface area contributed by atoms with E-state index in [0.717, 1.165) is 13.0 Å². The normalized spacial score (nSPS) is 11.6. The van der Waals surface area contributed by atoms with Crippen LogP contribution in [0.15, 0.2) is 12.2 Å². The van der Waals surface area contributed by atoms with Gasteiger partial charge in [-0.05, 0) is 30.1 Å². The van der Waals surface area contributed by atoms with E-state index < -0.39 is 0 Å². The molecule has 0 aliphatic heterocycles. The van der Waals surface area contributed by atoms with E-state index in [1.165, 1.54) is 87.9 Å². The first-order valence-corrected chi connectivity index (χ1v) is 11.2. The van der Waals surface area contributed by atoms with Crippen LogP contribution in [-0.4, -0.2) is 24.9 Å². The molecule has 0 aliphatic carbocycles. The lowest BCUT2D eigenvalue weighted by molar-refractivity contribution is -0.0285. The Morgan fingerprint density at radius 3 is 1.65 bits per heavy atom. The zero-order valence-electron chi connectivity index (χ0n) is 15.4. The molecule has 0 aromatic heterocycles. The van der Waals surface area contributed by atoms with Crippen molar-refractivity contribution in [3.63, 3.8) is 0 Å². The first kappa shape index (κ1) is 23.4. The highest BCUT2D eigenvalue weighted by atomic mass is 127. The van der Waals surface area contributed by atoms with Crippen LogP contribution in [0.5, 0.6) is 0 Å². The number of ether oxygens (including phenoxy) is 2.